The largest absolute Gasteiger partial charge is 0.396 e. The summed E-state index contributed by atoms with van der Waals surface area (Å²) in [5, 5.41) is 8.85. The molecular weight excluding hydrogens is 206 g/mol. The molecular formula is C12H23NO3. The average molecular weight is 229 g/mol. The Hall–Kier alpha value is -0.610. The van der Waals surface area contributed by atoms with E-state index in [0.29, 0.717) is 18.9 Å². The average Bonchev–Trinajstić information content (AvgIpc) is 2.67. The standard InChI is InChI=1S/C12H23NO3/c1-10(9-16-2)7-12(15)13-5-3-11(8-13)4-6-14/h10-11,14H,3-9H2,1-2H3. The van der Waals surface area contributed by atoms with Gasteiger partial charge in [-0.05, 0) is 24.7 Å². The predicted molar refractivity (Wildman–Crippen MR) is 62.0 cm³/mol. The van der Waals surface area contributed by atoms with E-state index in [1.165, 1.54) is 0 Å². The minimum absolute atomic E-state index is 0.227. The Bertz CT molecular complexity index is 220. The molecule has 0 saturated carbocycles. The van der Waals surface area contributed by atoms with Crippen LogP contribution >= 0.6 is 0 Å². The number of carbonyl (C=O) groups excluding carboxylic acids is 1. The number of rotatable bonds is 6. The zero-order chi connectivity index (χ0) is 12.0. The molecule has 1 aliphatic rings. The van der Waals surface area contributed by atoms with Crippen LogP contribution in [0.1, 0.15) is 26.2 Å². The highest BCUT2D eigenvalue weighted by Crippen LogP contribution is 2.20. The van der Waals surface area contributed by atoms with Gasteiger partial charge in [-0.15, -0.1) is 0 Å². The van der Waals surface area contributed by atoms with Gasteiger partial charge in [0.2, 0.25) is 5.91 Å². The molecule has 0 radical (unpaired) electrons. The van der Waals surface area contributed by atoms with Crippen molar-refractivity contribution in [2.45, 2.75) is 26.2 Å². The third-order valence-electron chi connectivity index (χ3n) is 3.15. The molecule has 0 bridgehead atoms. The fourth-order valence-electron chi connectivity index (χ4n) is 2.25. The molecule has 1 rings (SSSR count). The number of aliphatic hydroxyl groups excluding tert-OH is 1. The summed E-state index contributed by atoms with van der Waals surface area (Å²) in [6, 6.07) is 0. The van der Waals surface area contributed by atoms with Crippen LogP contribution in [0.5, 0.6) is 0 Å². The Labute approximate surface area is 97.6 Å². The molecule has 94 valence electrons. The van der Waals surface area contributed by atoms with Crippen LogP contribution in [0.4, 0.5) is 0 Å². The molecule has 0 aliphatic carbocycles. The van der Waals surface area contributed by atoms with Gasteiger partial charge in [0.1, 0.15) is 0 Å². The Balaban J connectivity index is 2.27. The first kappa shape index (κ1) is 13.5. The molecule has 4 heteroatoms. The van der Waals surface area contributed by atoms with Crippen LogP contribution in [0, 0.1) is 11.8 Å². The van der Waals surface area contributed by atoms with Gasteiger partial charge in [0.25, 0.3) is 0 Å². The Kier molecular flexibility index (Phi) is 5.77. The molecule has 2 atom stereocenters. The lowest BCUT2D eigenvalue weighted by Crippen LogP contribution is -2.30. The first-order chi connectivity index (χ1) is 7.67. The third-order valence-corrected chi connectivity index (χ3v) is 3.15. The van der Waals surface area contributed by atoms with E-state index in [2.05, 4.69) is 0 Å². The number of ether oxygens (including phenoxy) is 1. The van der Waals surface area contributed by atoms with Gasteiger partial charge >= 0.3 is 0 Å². The van der Waals surface area contributed by atoms with Crippen molar-refractivity contribution in [1.29, 1.82) is 0 Å². The van der Waals surface area contributed by atoms with Gasteiger partial charge in [-0.1, -0.05) is 6.92 Å². The number of carbonyl (C=O) groups is 1. The first-order valence-corrected chi connectivity index (χ1v) is 6.05. The highest BCUT2D eigenvalue weighted by Gasteiger charge is 2.26. The molecule has 0 aromatic carbocycles. The fraction of sp³-hybridized carbons (Fsp3) is 0.917. The van der Waals surface area contributed by atoms with E-state index < -0.39 is 0 Å². The van der Waals surface area contributed by atoms with Crippen LogP contribution in [0.2, 0.25) is 0 Å². The number of likely N-dealkylation sites (tertiary alicyclic amines) is 1. The molecule has 4 nitrogen and oxygen atoms in total. The molecule has 1 heterocycles. The highest BCUT2D eigenvalue weighted by molar-refractivity contribution is 5.76. The summed E-state index contributed by atoms with van der Waals surface area (Å²) < 4.78 is 5.02. The predicted octanol–water partition coefficient (Wildman–Crippen LogP) is 0.890. The summed E-state index contributed by atoms with van der Waals surface area (Å²) >= 11 is 0. The van der Waals surface area contributed by atoms with E-state index in [4.69, 9.17) is 9.84 Å². The molecule has 1 amide bonds. The number of aliphatic hydroxyl groups is 1. The molecule has 2 unspecified atom stereocenters. The summed E-state index contributed by atoms with van der Waals surface area (Å²) in [5.74, 6) is 1.01. The van der Waals surface area contributed by atoms with Gasteiger partial charge in [0, 0.05) is 39.8 Å². The second kappa shape index (κ2) is 6.86. The first-order valence-electron chi connectivity index (χ1n) is 6.05. The van der Waals surface area contributed by atoms with Crippen LogP contribution in [-0.4, -0.2) is 49.3 Å². The van der Waals surface area contributed by atoms with Crippen LogP contribution in [0.15, 0.2) is 0 Å². The summed E-state index contributed by atoms with van der Waals surface area (Å²) in [7, 11) is 1.66. The maximum absolute atomic E-state index is 11.9. The Morgan fingerprint density at radius 3 is 3.00 bits per heavy atom. The van der Waals surface area contributed by atoms with Crippen molar-refractivity contribution < 1.29 is 14.6 Å². The lowest BCUT2D eigenvalue weighted by molar-refractivity contribution is -0.131. The topological polar surface area (TPSA) is 49.8 Å². The lowest BCUT2D eigenvalue weighted by atomic mass is 10.1. The molecule has 0 aromatic heterocycles. The number of methoxy groups -OCH3 is 1. The van der Waals surface area contributed by atoms with Crippen molar-refractivity contribution >= 4 is 5.91 Å². The number of hydrogen-bond donors (Lipinski definition) is 1. The van der Waals surface area contributed by atoms with E-state index in [1.54, 1.807) is 7.11 Å². The molecule has 1 fully saturated rings. The molecule has 1 saturated heterocycles. The Morgan fingerprint density at radius 2 is 2.38 bits per heavy atom. The van der Waals surface area contributed by atoms with Crippen LogP contribution in [0.25, 0.3) is 0 Å². The summed E-state index contributed by atoms with van der Waals surface area (Å²) in [6.45, 7) is 4.57. The van der Waals surface area contributed by atoms with Crippen molar-refractivity contribution in [3.63, 3.8) is 0 Å². The quantitative estimate of drug-likeness (QED) is 0.736. The van der Waals surface area contributed by atoms with Crippen molar-refractivity contribution in [1.82, 2.24) is 4.90 Å². The number of hydrogen-bond acceptors (Lipinski definition) is 3. The monoisotopic (exact) mass is 229 g/mol. The van der Waals surface area contributed by atoms with Crippen LogP contribution in [0.3, 0.4) is 0 Å². The minimum Gasteiger partial charge on any atom is -0.396 e. The molecule has 0 aromatic rings. The molecule has 16 heavy (non-hydrogen) atoms. The van der Waals surface area contributed by atoms with E-state index in [0.717, 1.165) is 25.9 Å². The lowest BCUT2D eigenvalue weighted by Gasteiger charge is -2.18. The third kappa shape index (κ3) is 4.10. The van der Waals surface area contributed by atoms with Gasteiger partial charge in [-0.3, -0.25) is 4.79 Å². The SMILES string of the molecule is COCC(C)CC(=O)N1CCC(CCO)C1. The van der Waals surface area contributed by atoms with Gasteiger partial charge in [-0.2, -0.15) is 0 Å². The van der Waals surface area contributed by atoms with Crippen molar-refractivity contribution in [2.75, 3.05) is 33.4 Å². The second-order valence-corrected chi connectivity index (χ2v) is 4.77. The normalized spacial score (nSPS) is 22.4. The zero-order valence-corrected chi connectivity index (χ0v) is 10.3. The fourth-order valence-corrected chi connectivity index (χ4v) is 2.25. The summed E-state index contributed by atoms with van der Waals surface area (Å²) in [4.78, 5) is 13.8. The van der Waals surface area contributed by atoms with Crippen molar-refractivity contribution in [2.24, 2.45) is 11.8 Å². The van der Waals surface area contributed by atoms with Gasteiger partial charge < -0.3 is 14.7 Å². The maximum Gasteiger partial charge on any atom is 0.222 e. The van der Waals surface area contributed by atoms with Crippen molar-refractivity contribution in [3.8, 4) is 0 Å². The minimum atomic E-state index is 0.227. The zero-order valence-electron chi connectivity index (χ0n) is 10.3. The van der Waals surface area contributed by atoms with Gasteiger partial charge in [-0.25, -0.2) is 0 Å². The summed E-state index contributed by atoms with van der Waals surface area (Å²) in [5.41, 5.74) is 0. The van der Waals surface area contributed by atoms with Gasteiger partial charge in [0.05, 0.1) is 0 Å². The number of nitrogens with zero attached hydrogens (tertiary/aromatic N) is 1. The smallest absolute Gasteiger partial charge is 0.222 e. The summed E-state index contributed by atoms with van der Waals surface area (Å²) in [6.07, 6.45) is 2.42. The molecule has 1 aliphatic heterocycles. The van der Waals surface area contributed by atoms with Crippen LogP contribution in [-0.2, 0) is 9.53 Å². The van der Waals surface area contributed by atoms with Crippen LogP contribution < -0.4 is 0 Å². The molecule has 1 N–H and O–H groups in total. The van der Waals surface area contributed by atoms with Gasteiger partial charge in [0.15, 0.2) is 0 Å². The highest BCUT2D eigenvalue weighted by atomic mass is 16.5. The van der Waals surface area contributed by atoms with E-state index in [-0.39, 0.29) is 18.4 Å². The second-order valence-electron chi connectivity index (χ2n) is 4.77. The number of amides is 1. The molecule has 0 spiro atoms. The van der Waals surface area contributed by atoms with E-state index in [1.807, 2.05) is 11.8 Å². The van der Waals surface area contributed by atoms with E-state index >= 15 is 0 Å². The van der Waals surface area contributed by atoms with E-state index in [9.17, 15) is 4.79 Å². The van der Waals surface area contributed by atoms with Crippen molar-refractivity contribution in [3.05, 3.63) is 0 Å². The Morgan fingerprint density at radius 1 is 1.62 bits per heavy atom. The maximum atomic E-state index is 11.9.